The maximum absolute atomic E-state index is 12.6. The zero-order chi connectivity index (χ0) is 16.2. The summed E-state index contributed by atoms with van der Waals surface area (Å²) in [6.45, 7) is 1.33. The van der Waals surface area contributed by atoms with Crippen LogP contribution in [0.15, 0.2) is 18.2 Å². The molecule has 0 aliphatic rings. The summed E-state index contributed by atoms with van der Waals surface area (Å²) in [5.74, 6) is -2.94. The van der Waals surface area contributed by atoms with Crippen LogP contribution in [-0.2, 0) is 15.7 Å². The average molecular weight is 302 g/mol. The maximum atomic E-state index is 12.6. The lowest BCUT2D eigenvalue weighted by Gasteiger charge is -2.12. The number of ether oxygens (including phenoxy) is 1. The first-order valence-electron chi connectivity index (χ1n) is 5.64. The highest BCUT2D eigenvalue weighted by atomic mass is 19.4. The van der Waals surface area contributed by atoms with Crippen LogP contribution in [0.1, 0.15) is 24.0 Å². The van der Waals surface area contributed by atoms with Crippen LogP contribution in [0.3, 0.4) is 0 Å². The first-order valence-corrected chi connectivity index (χ1v) is 5.64. The van der Waals surface area contributed by atoms with Gasteiger partial charge in [-0.05, 0) is 19.1 Å². The number of benzene rings is 1. The number of alkyl halides is 3. The summed E-state index contributed by atoms with van der Waals surface area (Å²) >= 11 is 0. The highest BCUT2D eigenvalue weighted by molar-refractivity contribution is 5.83. The van der Waals surface area contributed by atoms with Gasteiger partial charge in [-0.15, -0.1) is 0 Å². The van der Waals surface area contributed by atoms with Crippen LogP contribution < -0.4 is 0 Å². The Morgan fingerprint density at radius 3 is 2.57 bits per heavy atom. The van der Waals surface area contributed by atoms with E-state index in [9.17, 15) is 28.1 Å². The van der Waals surface area contributed by atoms with E-state index in [0.717, 1.165) is 0 Å². The van der Waals surface area contributed by atoms with E-state index in [1.807, 2.05) is 0 Å². The van der Waals surface area contributed by atoms with Crippen molar-refractivity contribution in [3.63, 3.8) is 0 Å². The smallest absolute Gasteiger partial charge is 0.416 e. The number of nitriles is 1. The zero-order valence-electron chi connectivity index (χ0n) is 10.7. The second-order valence-electron chi connectivity index (χ2n) is 3.84. The van der Waals surface area contributed by atoms with Gasteiger partial charge in [-0.2, -0.15) is 18.4 Å². The molecule has 0 saturated heterocycles. The second kappa shape index (κ2) is 6.21. The lowest BCUT2D eigenvalue weighted by Crippen LogP contribution is -2.17. The topological polar surface area (TPSA) is 93.2 Å². The minimum atomic E-state index is -4.75. The molecule has 112 valence electrons. The first kappa shape index (κ1) is 16.4. The van der Waals surface area contributed by atoms with E-state index in [1.54, 1.807) is 0 Å². The monoisotopic (exact) mass is 302 g/mol. The van der Waals surface area contributed by atoms with Crippen LogP contribution in [0.5, 0.6) is 0 Å². The van der Waals surface area contributed by atoms with Crippen molar-refractivity contribution >= 4 is 11.7 Å². The van der Waals surface area contributed by atoms with Crippen molar-refractivity contribution in [1.29, 1.82) is 5.26 Å². The van der Waals surface area contributed by atoms with E-state index in [0.29, 0.717) is 18.2 Å². The largest absolute Gasteiger partial charge is 0.465 e. The number of nitrogens with zero attached hydrogens (tertiary/aromatic N) is 2. The lowest BCUT2D eigenvalue weighted by atomic mass is 9.96. The Bertz CT molecular complexity index is 608. The van der Waals surface area contributed by atoms with Gasteiger partial charge in [0.15, 0.2) is 5.92 Å². The average Bonchev–Trinajstić information content (AvgIpc) is 2.38. The second-order valence-corrected chi connectivity index (χ2v) is 3.84. The van der Waals surface area contributed by atoms with Crippen molar-refractivity contribution in [2.45, 2.75) is 19.0 Å². The number of hydrogen-bond donors (Lipinski definition) is 0. The predicted molar refractivity (Wildman–Crippen MR) is 63.1 cm³/mol. The molecule has 0 radical (unpaired) electrons. The Morgan fingerprint density at radius 2 is 2.14 bits per heavy atom. The molecule has 21 heavy (non-hydrogen) atoms. The molecule has 1 aromatic rings. The number of carbonyl (C=O) groups is 1. The summed E-state index contributed by atoms with van der Waals surface area (Å²) in [6, 6.07) is 2.98. The molecular formula is C12H9F3N2O4. The molecule has 0 unspecified atom stereocenters. The third kappa shape index (κ3) is 3.68. The molecular weight excluding hydrogens is 293 g/mol. The highest BCUT2D eigenvalue weighted by Crippen LogP contribution is 2.35. The van der Waals surface area contributed by atoms with E-state index in [2.05, 4.69) is 4.74 Å². The molecule has 1 atom stereocenters. The highest BCUT2D eigenvalue weighted by Gasteiger charge is 2.36. The van der Waals surface area contributed by atoms with Gasteiger partial charge >= 0.3 is 12.1 Å². The predicted octanol–water partition coefficient (Wildman–Crippen LogP) is 2.78. The number of esters is 1. The summed E-state index contributed by atoms with van der Waals surface area (Å²) in [6.07, 6.45) is -4.75. The van der Waals surface area contributed by atoms with Crippen molar-refractivity contribution in [3.05, 3.63) is 39.4 Å². The standard InChI is InChI=1S/C12H9F3N2O4/c1-2-21-11(18)9(6-16)8-5-7(12(13,14)15)3-4-10(8)17(19)20/h3-5,9H,2H2,1H3/t9-/m1/s1. The summed E-state index contributed by atoms with van der Waals surface area (Å²) in [5, 5.41) is 19.8. The van der Waals surface area contributed by atoms with Crippen LogP contribution in [0.4, 0.5) is 18.9 Å². The zero-order valence-corrected chi connectivity index (χ0v) is 10.7. The van der Waals surface area contributed by atoms with E-state index in [1.165, 1.54) is 13.0 Å². The fraction of sp³-hybridized carbons (Fsp3) is 0.333. The summed E-state index contributed by atoms with van der Waals surface area (Å²) in [4.78, 5) is 21.4. The van der Waals surface area contributed by atoms with Crippen molar-refractivity contribution in [3.8, 4) is 6.07 Å². The molecule has 0 amide bonds. The van der Waals surface area contributed by atoms with E-state index in [4.69, 9.17) is 5.26 Å². The molecule has 0 N–H and O–H groups in total. The fourth-order valence-corrected chi connectivity index (χ4v) is 1.60. The number of nitro benzene ring substituents is 1. The van der Waals surface area contributed by atoms with Gasteiger partial charge < -0.3 is 4.74 Å². The number of hydrogen-bond acceptors (Lipinski definition) is 5. The van der Waals surface area contributed by atoms with Gasteiger partial charge in [0.1, 0.15) is 0 Å². The van der Waals surface area contributed by atoms with Crippen LogP contribution in [-0.4, -0.2) is 17.5 Å². The summed E-state index contributed by atoms with van der Waals surface area (Å²) < 4.78 is 42.5. The van der Waals surface area contributed by atoms with Crippen LogP contribution in [0, 0.1) is 21.4 Å². The van der Waals surface area contributed by atoms with Gasteiger partial charge in [0, 0.05) is 6.07 Å². The Balaban J connectivity index is 3.45. The minimum absolute atomic E-state index is 0.107. The minimum Gasteiger partial charge on any atom is -0.465 e. The number of halogens is 3. The quantitative estimate of drug-likeness (QED) is 0.484. The number of rotatable bonds is 4. The Hall–Kier alpha value is -2.63. The van der Waals surface area contributed by atoms with Crippen LogP contribution in [0.25, 0.3) is 0 Å². The number of carbonyl (C=O) groups excluding carboxylic acids is 1. The molecule has 0 aromatic heterocycles. The van der Waals surface area contributed by atoms with Gasteiger partial charge in [0.2, 0.25) is 0 Å². The van der Waals surface area contributed by atoms with Gasteiger partial charge in [0.25, 0.3) is 5.69 Å². The van der Waals surface area contributed by atoms with Crippen LogP contribution in [0.2, 0.25) is 0 Å². The molecule has 0 saturated carbocycles. The molecule has 1 aromatic carbocycles. The maximum Gasteiger partial charge on any atom is 0.416 e. The normalized spacial score (nSPS) is 12.3. The third-order valence-corrected chi connectivity index (χ3v) is 2.51. The molecule has 0 spiro atoms. The molecule has 9 heteroatoms. The third-order valence-electron chi connectivity index (χ3n) is 2.51. The molecule has 6 nitrogen and oxygen atoms in total. The molecule has 0 heterocycles. The van der Waals surface area contributed by atoms with Gasteiger partial charge in [0.05, 0.1) is 28.7 Å². The Morgan fingerprint density at radius 1 is 1.52 bits per heavy atom. The van der Waals surface area contributed by atoms with Crippen molar-refractivity contribution in [2.24, 2.45) is 0 Å². The van der Waals surface area contributed by atoms with E-state index >= 15 is 0 Å². The number of nitro groups is 1. The van der Waals surface area contributed by atoms with Gasteiger partial charge in [-0.25, -0.2) is 0 Å². The molecule has 0 aliphatic carbocycles. The van der Waals surface area contributed by atoms with Crippen LogP contribution >= 0.6 is 0 Å². The Labute approximate surface area is 116 Å². The molecule has 0 bridgehead atoms. The SMILES string of the molecule is CCOC(=O)[C@H](C#N)c1cc(C(F)(F)F)ccc1[N+](=O)[O-]. The van der Waals surface area contributed by atoms with Crippen molar-refractivity contribution < 1.29 is 27.6 Å². The van der Waals surface area contributed by atoms with Crippen molar-refractivity contribution in [2.75, 3.05) is 6.61 Å². The van der Waals surface area contributed by atoms with Crippen molar-refractivity contribution in [1.82, 2.24) is 0 Å². The van der Waals surface area contributed by atoms with E-state index in [-0.39, 0.29) is 6.61 Å². The molecule has 0 aliphatic heterocycles. The van der Waals surface area contributed by atoms with Gasteiger partial charge in [-0.1, -0.05) is 0 Å². The molecule has 1 rings (SSSR count). The summed E-state index contributed by atoms with van der Waals surface area (Å²) in [5.41, 5.74) is -2.58. The molecule has 0 fully saturated rings. The fourth-order valence-electron chi connectivity index (χ4n) is 1.60. The van der Waals surface area contributed by atoms with E-state index < -0.39 is 39.8 Å². The lowest BCUT2D eigenvalue weighted by molar-refractivity contribution is -0.385. The Kier molecular flexibility index (Phi) is 4.86. The van der Waals surface area contributed by atoms with Gasteiger partial charge in [-0.3, -0.25) is 14.9 Å². The first-order chi connectivity index (χ1) is 9.72. The summed E-state index contributed by atoms with van der Waals surface area (Å²) in [7, 11) is 0.